The number of ketones is 1. The summed E-state index contributed by atoms with van der Waals surface area (Å²) in [6, 6.07) is 3.19. The number of anilines is 1. The first kappa shape index (κ1) is 12.8. The monoisotopic (exact) mass is 239 g/mol. The van der Waals surface area contributed by atoms with Gasteiger partial charge in [-0.1, -0.05) is 0 Å². The van der Waals surface area contributed by atoms with Gasteiger partial charge in [0.1, 0.15) is 12.2 Å². The summed E-state index contributed by atoms with van der Waals surface area (Å²) in [7, 11) is 0. The summed E-state index contributed by atoms with van der Waals surface area (Å²) in [5.41, 5.74) is -0.0484. The molecule has 1 amide bonds. The molecule has 0 aliphatic heterocycles. The van der Waals surface area contributed by atoms with Gasteiger partial charge in [-0.25, -0.2) is 4.39 Å². The lowest BCUT2D eigenvalue weighted by Crippen LogP contribution is -2.13. The quantitative estimate of drug-likeness (QED) is 0.615. The van der Waals surface area contributed by atoms with Crippen LogP contribution in [-0.2, 0) is 9.59 Å². The molecule has 5 nitrogen and oxygen atoms in total. The first-order chi connectivity index (χ1) is 7.90. The van der Waals surface area contributed by atoms with Crippen molar-refractivity contribution in [1.29, 1.82) is 0 Å². The molecule has 0 aromatic heterocycles. The molecule has 0 heterocycles. The second-order valence-corrected chi connectivity index (χ2v) is 3.36. The van der Waals surface area contributed by atoms with Crippen molar-refractivity contribution in [3.63, 3.8) is 0 Å². The molecule has 0 bridgehead atoms. The van der Waals surface area contributed by atoms with Gasteiger partial charge in [0.2, 0.25) is 5.91 Å². The topological polar surface area (TPSA) is 83.5 Å². The number of carboxylic acids is 1. The van der Waals surface area contributed by atoms with Crippen molar-refractivity contribution in [2.24, 2.45) is 0 Å². The van der Waals surface area contributed by atoms with Crippen LogP contribution in [-0.4, -0.2) is 22.8 Å². The van der Waals surface area contributed by atoms with Gasteiger partial charge >= 0.3 is 5.97 Å². The minimum absolute atomic E-state index is 0.102. The molecule has 0 saturated heterocycles. The molecule has 0 atom stereocenters. The Morgan fingerprint density at radius 1 is 1.35 bits per heavy atom. The average Bonchev–Trinajstić information content (AvgIpc) is 2.19. The summed E-state index contributed by atoms with van der Waals surface area (Å²) in [5.74, 6) is -3.18. The standard InChI is InChI=1S/C11H10FNO4/c1-6(14)13-9-3-2-7(12)4-8(9)10(15)5-11(16)17/h2-4H,5H2,1H3,(H,13,14)(H,16,17). The normalized spacial score (nSPS) is 9.76. The Bertz CT molecular complexity index is 484. The van der Waals surface area contributed by atoms with Crippen LogP contribution in [0.25, 0.3) is 0 Å². The highest BCUT2D eigenvalue weighted by molar-refractivity contribution is 6.10. The number of carbonyl (C=O) groups excluding carboxylic acids is 2. The van der Waals surface area contributed by atoms with Gasteiger partial charge < -0.3 is 10.4 Å². The zero-order valence-electron chi connectivity index (χ0n) is 8.99. The van der Waals surface area contributed by atoms with Crippen molar-refractivity contribution in [1.82, 2.24) is 0 Å². The molecule has 0 aliphatic rings. The number of hydrogen-bond donors (Lipinski definition) is 2. The third-order valence-corrected chi connectivity index (χ3v) is 1.90. The molecule has 0 saturated carbocycles. The summed E-state index contributed by atoms with van der Waals surface area (Å²) in [5, 5.41) is 10.8. The van der Waals surface area contributed by atoms with Gasteiger partial charge in [-0.05, 0) is 18.2 Å². The van der Waals surface area contributed by atoms with E-state index in [9.17, 15) is 18.8 Å². The summed E-state index contributed by atoms with van der Waals surface area (Å²) in [6.45, 7) is 1.23. The fourth-order valence-corrected chi connectivity index (χ4v) is 1.28. The molecule has 0 fully saturated rings. The Hall–Kier alpha value is -2.24. The smallest absolute Gasteiger partial charge is 0.311 e. The molecule has 0 radical (unpaired) electrons. The number of nitrogens with one attached hydrogen (secondary N) is 1. The zero-order valence-corrected chi connectivity index (χ0v) is 8.99. The minimum atomic E-state index is -1.31. The summed E-state index contributed by atoms with van der Waals surface area (Å²) in [6.07, 6.45) is -0.754. The van der Waals surface area contributed by atoms with Crippen molar-refractivity contribution < 1.29 is 23.9 Å². The van der Waals surface area contributed by atoms with E-state index in [1.165, 1.54) is 13.0 Å². The number of halogens is 1. The van der Waals surface area contributed by atoms with Crippen molar-refractivity contribution in [2.75, 3.05) is 5.32 Å². The Morgan fingerprint density at radius 2 is 2.00 bits per heavy atom. The van der Waals surface area contributed by atoms with Gasteiger partial charge in [0.25, 0.3) is 0 Å². The van der Waals surface area contributed by atoms with E-state index in [1.54, 1.807) is 0 Å². The highest BCUT2D eigenvalue weighted by Gasteiger charge is 2.16. The SMILES string of the molecule is CC(=O)Nc1ccc(F)cc1C(=O)CC(=O)O. The molecule has 0 aliphatic carbocycles. The second-order valence-electron chi connectivity index (χ2n) is 3.36. The minimum Gasteiger partial charge on any atom is -0.481 e. The highest BCUT2D eigenvalue weighted by Crippen LogP contribution is 2.18. The predicted molar refractivity (Wildman–Crippen MR) is 57.3 cm³/mol. The number of benzene rings is 1. The maximum absolute atomic E-state index is 13.0. The van der Waals surface area contributed by atoms with Crippen LogP contribution in [0.5, 0.6) is 0 Å². The molecule has 6 heteroatoms. The fourth-order valence-electron chi connectivity index (χ4n) is 1.28. The Morgan fingerprint density at radius 3 is 2.53 bits per heavy atom. The summed E-state index contributed by atoms with van der Waals surface area (Å²) >= 11 is 0. The van der Waals surface area contributed by atoms with E-state index in [0.717, 1.165) is 12.1 Å². The molecule has 1 aromatic carbocycles. The largest absolute Gasteiger partial charge is 0.481 e. The number of Topliss-reactive ketones (excluding diaryl/α,β-unsaturated/α-hetero) is 1. The van der Waals surface area contributed by atoms with Crippen LogP contribution < -0.4 is 5.32 Å². The average molecular weight is 239 g/mol. The lowest BCUT2D eigenvalue weighted by Gasteiger charge is -2.08. The third-order valence-electron chi connectivity index (χ3n) is 1.90. The van der Waals surface area contributed by atoms with Gasteiger partial charge in [0, 0.05) is 12.5 Å². The number of hydrogen-bond acceptors (Lipinski definition) is 3. The molecule has 0 spiro atoms. The van der Waals surface area contributed by atoms with E-state index in [4.69, 9.17) is 5.11 Å². The maximum atomic E-state index is 13.0. The van der Waals surface area contributed by atoms with Gasteiger partial charge in [-0.15, -0.1) is 0 Å². The Balaban J connectivity index is 3.10. The zero-order chi connectivity index (χ0) is 13.0. The molecule has 1 aromatic rings. The number of rotatable bonds is 4. The second kappa shape index (κ2) is 5.20. The van der Waals surface area contributed by atoms with E-state index in [2.05, 4.69) is 5.32 Å². The predicted octanol–water partition coefficient (Wildman–Crippen LogP) is 1.44. The molecular weight excluding hydrogens is 229 g/mol. The van der Waals surface area contributed by atoms with Gasteiger partial charge in [-0.2, -0.15) is 0 Å². The fraction of sp³-hybridized carbons (Fsp3) is 0.182. The van der Waals surface area contributed by atoms with E-state index in [1.807, 2.05) is 0 Å². The van der Waals surface area contributed by atoms with Gasteiger partial charge in [0.15, 0.2) is 5.78 Å². The summed E-state index contributed by atoms with van der Waals surface area (Å²) in [4.78, 5) is 32.8. The first-order valence-corrected chi connectivity index (χ1v) is 4.72. The van der Waals surface area contributed by atoms with Crippen LogP contribution in [0.15, 0.2) is 18.2 Å². The van der Waals surface area contributed by atoms with E-state index >= 15 is 0 Å². The molecule has 90 valence electrons. The highest BCUT2D eigenvalue weighted by atomic mass is 19.1. The lowest BCUT2D eigenvalue weighted by atomic mass is 10.1. The number of amides is 1. The van der Waals surface area contributed by atoms with E-state index in [0.29, 0.717) is 0 Å². The van der Waals surface area contributed by atoms with Crippen molar-refractivity contribution in [2.45, 2.75) is 13.3 Å². The Kier molecular flexibility index (Phi) is 3.92. The maximum Gasteiger partial charge on any atom is 0.311 e. The van der Waals surface area contributed by atoms with Crippen LogP contribution in [0.4, 0.5) is 10.1 Å². The Labute approximate surface area is 96.3 Å². The van der Waals surface area contributed by atoms with Crippen molar-refractivity contribution in [3.05, 3.63) is 29.6 Å². The van der Waals surface area contributed by atoms with Gasteiger partial charge in [-0.3, -0.25) is 14.4 Å². The third kappa shape index (κ3) is 3.67. The van der Waals surface area contributed by atoms with Crippen LogP contribution in [0.2, 0.25) is 0 Å². The first-order valence-electron chi connectivity index (χ1n) is 4.72. The van der Waals surface area contributed by atoms with Crippen LogP contribution in [0, 0.1) is 5.82 Å². The van der Waals surface area contributed by atoms with E-state index in [-0.39, 0.29) is 11.3 Å². The number of carboxylic acid groups (broad SMARTS) is 1. The molecule has 17 heavy (non-hydrogen) atoms. The molecule has 1 rings (SSSR count). The van der Waals surface area contributed by atoms with Crippen LogP contribution in [0.1, 0.15) is 23.7 Å². The lowest BCUT2D eigenvalue weighted by molar-refractivity contribution is -0.135. The van der Waals surface area contributed by atoms with Crippen LogP contribution in [0.3, 0.4) is 0 Å². The molecular formula is C11H10FNO4. The molecule has 2 N–H and O–H groups in total. The molecule has 0 unspecified atom stereocenters. The van der Waals surface area contributed by atoms with E-state index < -0.39 is 29.9 Å². The van der Waals surface area contributed by atoms with Crippen molar-refractivity contribution in [3.8, 4) is 0 Å². The van der Waals surface area contributed by atoms with Crippen LogP contribution >= 0.6 is 0 Å². The number of aliphatic carboxylic acids is 1. The van der Waals surface area contributed by atoms with Crippen molar-refractivity contribution >= 4 is 23.3 Å². The number of carbonyl (C=O) groups is 3. The summed E-state index contributed by atoms with van der Waals surface area (Å²) < 4.78 is 13.0. The van der Waals surface area contributed by atoms with Gasteiger partial charge in [0.05, 0.1) is 5.69 Å².